The molecular formula is C10H15N5O. The van der Waals surface area contributed by atoms with Gasteiger partial charge in [-0.3, -0.25) is 4.79 Å². The Morgan fingerprint density at radius 3 is 3.06 bits per heavy atom. The van der Waals surface area contributed by atoms with Crippen LogP contribution in [0.4, 0.5) is 5.95 Å². The van der Waals surface area contributed by atoms with E-state index in [1.165, 1.54) is 11.0 Å². The van der Waals surface area contributed by atoms with E-state index in [4.69, 9.17) is 12.2 Å². The van der Waals surface area contributed by atoms with Crippen LogP contribution in [0, 0.1) is 12.3 Å². The number of unbranched alkanes of at least 4 members (excludes halogenated alkanes) is 2. The Kier molecular flexibility index (Phi) is 4.86. The van der Waals surface area contributed by atoms with E-state index in [0.717, 1.165) is 19.3 Å². The number of nitrogen functional groups attached to an aromatic ring is 1. The van der Waals surface area contributed by atoms with E-state index in [1.807, 2.05) is 0 Å². The second kappa shape index (κ2) is 6.45. The van der Waals surface area contributed by atoms with Crippen LogP contribution in [0.2, 0.25) is 0 Å². The average Bonchev–Trinajstić information content (AvgIpc) is 2.63. The summed E-state index contributed by atoms with van der Waals surface area (Å²) in [6.07, 6.45) is 9.08. The van der Waals surface area contributed by atoms with Crippen molar-refractivity contribution in [2.45, 2.75) is 25.8 Å². The first-order valence-electron chi connectivity index (χ1n) is 5.07. The minimum absolute atomic E-state index is 0.106. The van der Waals surface area contributed by atoms with Gasteiger partial charge in [0.15, 0.2) is 0 Å². The molecule has 86 valence electrons. The van der Waals surface area contributed by atoms with E-state index in [2.05, 4.69) is 21.3 Å². The van der Waals surface area contributed by atoms with E-state index in [-0.39, 0.29) is 18.4 Å². The molecule has 1 aromatic rings. The van der Waals surface area contributed by atoms with Crippen LogP contribution in [-0.2, 0) is 11.3 Å². The maximum atomic E-state index is 11.4. The van der Waals surface area contributed by atoms with Crippen LogP contribution >= 0.6 is 0 Å². The summed E-state index contributed by atoms with van der Waals surface area (Å²) in [4.78, 5) is 15.1. The molecule has 3 N–H and O–H groups in total. The van der Waals surface area contributed by atoms with Gasteiger partial charge in [-0.1, -0.05) is 0 Å². The predicted octanol–water partition coefficient (Wildman–Crippen LogP) is -0.220. The zero-order chi connectivity index (χ0) is 11.8. The monoisotopic (exact) mass is 221 g/mol. The SMILES string of the molecule is C#CCCCCNC(=O)Cn1cnc(N)n1. The summed E-state index contributed by atoms with van der Waals surface area (Å²) in [5.74, 6) is 2.61. The van der Waals surface area contributed by atoms with Crippen molar-refractivity contribution in [3.63, 3.8) is 0 Å². The van der Waals surface area contributed by atoms with Crippen LogP contribution in [0.15, 0.2) is 6.33 Å². The van der Waals surface area contributed by atoms with E-state index in [1.54, 1.807) is 0 Å². The van der Waals surface area contributed by atoms with E-state index in [0.29, 0.717) is 6.54 Å². The second-order valence-electron chi connectivity index (χ2n) is 3.31. The maximum absolute atomic E-state index is 11.4. The van der Waals surface area contributed by atoms with Gasteiger partial charge >= 0.3 is 0 Å². The number of carbonyl (C=O) groups is 1. The summed E-state index contributed by atoms with van der Waals surface area (Å²) in [6, 6.07) is 0. The fourth-order valence-corrected chi connectivity index (χ4v) is 1.17. The van der Waals surface area contributed by atoms with Gasteiger partial charge < -0.3 is 11.1 Å². The molecule has 0 atom stereocenters. The standard InChI is InChI=1S/C10H15N5O/c1-2-3-4-5-6-12-9(16)7-15-8-13-10(11)14-15/h1,8H,3-7H2,(H2,11,14)(H,12,16). The highest BCUT2D eigenvalue weighted by Crippen LogP contribution is 1.92. The van der Waals surface area contributed by atoms with Crippen LogP contribution in [0.25, 0.3) is 0 Å². The number of nitrogens with one attached hydrogen (secondary N) is 1. The highest BCUT2D eigenvalue weighted by molar-refractivity contribution is 5.75. The Labute approximate surface area is 94.2 Å². The van der Waals surface area contributed by atoms with Crippen LogP contribution in [-0.4, -0.2) is 27.2 Å². The molecule has 0 aromatic carbocycles. The molecule has 0 radical (unpaired) electrons. The number of hydrogen-bond acceptors (Lipinski definition) is 4. The Morgan fingerprint density at radius 1 is 1.62 bits per heavy atom. The number of rotatable bonds is 6. The first kappa shape index (κ1) is 12.0. The topological polar surface area (TPSA) is 85.8 Å². The lowest BCUT2D eigenvalue weighted by Gasteiger charge is -2.03. The average molecular weight is 221 g/mol. The molecule has 6 heteroatoms. The van der Waals surface area contributed by atoms with Crippen molar-refractivity contribution in [1.82, 2.24) is 20.1 Å². The second-order valence-corrected chi connectivity index (χ2v) is 3.31. The minimum atomic E-state index is -0.106. The molecule has 0 saturated carbocycles. The van der Waals surface area contributed by atoms with Gasteiger partial charge in [-0.05, 0) is 12.8 Å². The molecule has 0 aliphatic carbocycles. The molecule has 0 bridgehead atoms. The highest BCUT2D eigenvalue weighted by Gasteiger charge is 2.03. The van der Waals surface area contributed by atoms with Gasteiger partial charge in [-0.15, -0.1) is 17.4 Å². The molecule has 1 heterocycles. The third-order valence-corrected chi connectivity index (χ3v) is 1.93. The third kappa shape index (κ3) is 4.46. The van der Waals surface area contributed by atoms with Gasteiger partial charge in [0, 0.05) is 13.0 Å². The van der Waals surface area contributed by atoms with Crippen molar-refractivity contribution in [2.75, 3.05) is 12.3 Å². The number of hydrogen-bond donors (Lipinski definition) is 2. The molecule has 16 heavy (non-hydrogen) atoms. The Hall–Kier alpha value is -2.03. The fraction of sp³-hybridized carbons (Fsp3) is 0.500. The first-order chi connectivity index (χ1) is 7.72. The molecule has 0 aliphatic heterocycles. The van der Waals surface area contributed by atoms with E-state index >= 15 is 0 Å². The summed E-state index contributed by atoms with van der Waals surface area (Å²) in [7, 11) is 0. The van der Waals surface area contributed by atoms with Gasteiger partial charge in [0.2, 0.25) is 11.9 Å². The zero-order valence-electron chi connectivity index (χ0n) is 9.02. The van der Waals surface area contributed by atoms with Crippen molar-refractivity contribution in [3.8, 4) is 12.3 Å². The largest absolute Gasteiger partial charge is 0.367 e. The minimum Gasteiger partial charge on any atom is -0.367 e. The highest BCUT2D eigenvalue weighted by atomic mass is 16.2. The third-order valence-electron chi connectivity index (χ3n) is 1.93. The number of anilines is 1. The molecule has 0 spiro atoms. The number of terminal acetylenes is 1. The Morgan fingerprint density at radius 2 is 2.44 bits per heavy atom. The smallest absolute Gasteiger partial charge is 0.241 e. The van der Waals surface area contributed by atoms with Crippen LogP contribution in [0.1, 0.15) is 19.3 Å². The zero-order valence-corrected chi connectivity index (χ0v) is 9.02. The number of nitrogens with two attached hydrogens (primary N) is 1. The number of nitrogens with zero attached hydrogens (tertiary/aromatic N) is 3. The number of carbonyl (C=O) groups excluding carboxylic acids is 1. The number of aromatic nitrogens is 3. The summed E-state index contributed by atoms with van der Waals surface area (Å²) >= 11 is 0. The first-order valence-corrected chi connectivity index (χ1v) is 5.07. The van der Waals surface area contributed by atoms with E-state index < -0.39 is 0 Å². The molecule has 1 aromatic heterocycles. The van der Waals surface area contributed by atoms with Crippen molar-refractivity contribution in [1.29, 1.82) is 0 Å². The quantitative estimate of drug-likeness (QED) is 0.513. The van der Waals surface area contributed by atoms with Crippen molar-refractivity contribution in [2.24, 2.45) is 0 Å². The molecule has 0 saturated heterocycles. The molecular weight excluding hydrogens is 206 g/mol. The lowest BCUT2D eigenvalue weighted by Crippen LogP contribution is -2.28. The van der Waals surface area contributed by atoms with Crippen LogP contribution < -0.4 is 11.1 Å². The predicted molar refractivity (Wildman–Crippen MR) is 60.1 cm³/mol. The number of amides is 1. The fourth-order valence-electron chi connectivity index (χ4n) is 1.17. The van der Waals surface area contributed by atoms with Gasteiger partial charge in [0.05, 0.1) is 0 Å². The molecule has 1 rings (SSSR count). The summed E-state index contributed by atoms with van der Waals surface area (Å²) < 4.78 is 1.39. The van der Waals surface area contributed by atoms with Crippen LogP contribution in [0.3, 0.4) is 0 Å². The van der Waals surface area contributed by atoms with Crippen molar-refractivity contribution < 1.29 is 4.79 Å². The van der Waals surface area contributed by atoms with Crippen molar-refractivity contribution >= 4 is 11.9 Å². The Bertz CT molecular complexity index is 379. The summed E-state index contributed by atoms with van der Waals surface area (Å²) in [6.45, 7) is 0.768. The molecule has 0 aliphatic rings. The van der Waals surface area contributed by atoms with Crippen LogP contribution in [0.5, 0.6) is 0 Å². The maximum Gasteiger partial charge on any atom is 0.241 e. The molecule has 0 unspecified atom stereocenters. The Balaban J connectivity index is 2.14. The van der Waals surface area contributed by atoms with Gasteiger partial charge in [-0.25, -0.2) is 9.67 Å². The van der Waals surface area contributed by atoms with Gasteiger partial charge in [0.1, 0.15) is 12.9 Å². The normalized spacial score (nSPS) is 9.69. The lowest BCUT2D eigenvalue weighted by molar-refractivity contribution is -0.121. The summed E-state index contributed by atoms with van der Waals surface area (Å²) in [5, 5.41) is 6.57. The van der Waals surface area contributed by atoms with E-state index in [9.17, 15) is 4.79 Å². The van der Waals surface area contributed by atoms with Gasteiger partial charge in [0.25, 0.3) is 0 Å². The molecule has 0 fully saturated rings. The van der Waals surface area contributed by atoms with Gasteiger partial charge in [-0.2, -0.15) is 0 Å². The van der Waals surface area contributed by atoms with Crippen molar-refractivity contribution in [3.05, 3.63) is 6.33 Å². The lowest BCUT2D eigenvalue weighted by atomic mass is 10.2. The molecule has 6 nitrogen and oxygen atoms in total. The molecule has 1 amide bonds. The summed E-state index contributed by atoms with van der Waals surface area (Å²) in [5.41, 5.74) is 5.32.